The summed E-state index contributed by atoms with van der Waals surface area (Å²) in [7, 11) is 0. The molecule has 1 amide bonds. The van der Waals surface area contributed by atoms with E-state index in [2.05, 4.69) is 15.6 Å². The van der Waals surface area contributed by atoms with Crippen LogP contribution >= 0.6 is 11.3 Å². The Balaban J connectivity index is 2.12. The Labute approximate surface area is 126 Å². The minimum Gasteiger partial charge on any atom is -0.382 e. The second-order valence-corrected chi connectivity index (χ2v) is 5.58. The number of amides is 1. The molecule has 1 aromatic carbocycles. The molecule has 1 heterocycles. The maximum Gasteiger partial charge on any atom is 0.269 e. The highest BCUT2D eigenvalue weighted by Gasteiger charge is 2.16. The van der Waals surface area contributed by atoms with E-state index in [0.29, 0.717) is 21.3 Å². The van der Waals surface area contributed by atoms with Crippen LogP contribution in [0.3, 0.4) is 0 Å². The van der Waals surface area contributed by atoms with E-state index in [-0.39, 0.29) is 17.5 Å². The van der Waals surface area contributed by atoms with Gasteiger partial charge in [-0.3, -0.25) is 4.79 Å². The number of benzene rings is 1. The summed E-state index contributed by atoms with van der Waals surface area (Å²) in [5.41, 5.74) is 6.75. The molecule has 5 nitrogen and oxygen atoms in total. The van der Waals surface area contributed by atoms with Crippen molar-refractivity contribution >= 4 is 33.9 Å². The van der Waals surface area contributed by atoms with Crippen molar-refractivity contribution in [2.45, 2.75) is 20.3 Å². The van der Waals surface area contributed by atoms with Crippen molar-refractivity contribution in [2.75, 3.05) is 22.9 Å². The molecule has 0 aliphatic carbocycles. The van der Waals surface area contributed by atoms with E-state index in [1.54, 1.807) is 13.0 Å². The summed E-state index contributed by atoms with van der Waals surface area (Å²) >= 11 is 1.20. The van der Waals surface area contributed by atoms with Gasteiger partial charge in [0.15, 0.2) is 5.13 Å². The molecule has 0 saturated carbocycles. The average molecular weight is 308 g/mol. The molecule has 4 N–H and O–H groups in total. The molecular weight excluding hydrogens is 291 g/mol. The van der Waals surface area contributed by atoms with Gasteiger partial charge in [0.05, 0.1) is 0 Å². The molecule has 0 unspecified atom stereocenters. The van der Waals surface area contributed by atoms with Gasteiger partial charge < -0.3 is 16.4 Å². The Kier molecular flexibility index (Phi) is 4.74. The van der Waals surface area contributed by atoms with Crippen LogP contribution in [-0.2, 0) is 0 Å². The summed E-state index contributed by atoms with van der Waals surface area (Å²) in [5, 5.41) is 6.40. The number of halogens is 1. The normalized spacial score (nSPS) is 10.4. The summed E-state index contributed by atoms with van der Waals surface area (Å²) in [6.45, 7) is 4.44. The fourth-order valence-electron chi connectivity index (χ4n) is 1.71. The molecule has 0 bridgehead atoms. The van der Waals surface area contributed by atoms with Gasteiger partial charge in [0.25, 0.3) is 5.91 Å². The Bertz CT molecular complexity index is 656. The van der Waals surface area contributed by atoms with Gasteiger partial charge in [-0.05, 0) is 37.1 Å². The zero-order valence-electron chi connectivity index (χ0n) is 11.9. The summed E-state index contributed by atoms with van der Waals surface area (Å²) in [6, 6.07) is 4.39. The Hall–Kier alpha value is -2.15. The number of anilines is 3. The smallest absolute Gasteiger partial charge is 0.269 e. The third kappa shape index (κ3) is 3.69. The van der Waals surface area contributed by atoms with Gasteiger partial charge in [-0.1, -0.05) is 18.3 Å². The molecular formula is C14H17FN4OS. The molecule has 0 spiro atoms. The van der Waals surface area contributed by atoms with Crippen LogP contribution in [0.25, 0.3) is 0 Å². The number of nitrogens with one attached hydrogen (secondary N) is 2. The van der Waals surface area contributed by atoms with Crippen LogP contribution in [-0.4, -0.2) is 17.4 Å². The summed E-state index contributed by atoms with van der Waals surface area (Å²) in [5.74, 6) is -0.466. The number of aryl methyl sites for hydroxylation is 1. The van der Waals surface area contributed by atoms with Crippen molar-refractivity contribution in [1.29, 1.82) is 0 Å². The highest BCUT2D eigenvalue weighted by Crippen LogP contribution is 2.26. The van der Waals surface area contributed by atoms with Gasteiger partial charge in [-0.15, -0.1) is 0 Å². The number of hydrogen-bond donors (Lipinski definition) is 3. The van der Waals surface area contributed by atoms with Crippen LogP contribution in [0.2, 0.25) is 0 Å². The van der Waals surface area contributed by atoms with E-state index < -0.39 is 0 Å². The molecule has 0 fully saturated rings. The molecule has 21 heavy (non-hydrogen) atoms. The fourth-order valence-corrected chi connectivity index (χ4v) is 2.52. The third-order valence-corrected chi connectivity index (χ3v) is 3.83. The number of nitrogen functional groups attached to an aromatic ring is 1. The summed E-state index contributed by atoms with van der Waals surface area (Å²) < 4.78 is 13.2. The highest BCUT2D eigenvalue weighted by molar-refractivity contribution is 7.18. The van der Waals surface area contributed by atoms with Gasteiger partial charge in [-0.2, -0.15) is 0 Å². The van der Waals surface area contributed by atoms with Crippen molar-refractivity contribution < 1.29 is 9.18 Å². The maximum atomic E-state index is 13.2. The van der Waals surface area contributed by atoms with Gasteiger partial charge >= 0.3 is 0 Å². The summed E-state index contributed by atoms with van der Waals surface area (Å²) in [4.78, 5) is 16.6. The first-order chi connectivity index (χ1) is 10.0. The SMILES string of the molecule is CCCNc1nc(N)c(C(=O)Nc2ccc(F)c(C)c2)s1. The Morgan fingerprint density at radius 3 is 2.90 bits per heavy atom. The van der Waals surface area contributed by atoms with Gasteiger partial charge in [0, 0.05) is 12.2 Å². The monoisotopic (exact) mass is 308 g/mol. The number of carbonyl (C=O) groups excluding carboxylic acids is 1. The first kappa shape index (κ1) is 15.2. The molecule has 112 valence electrons. The van der Waals surface area contributed by atoms with E-state index in [0.717, 1.165) is 13.0 Å². The maximum absolute atomic E-state index is 13.2. The van der Waals surface area contributed by atoms with Gasteiger partial charge in [0.1, 0.15) is 16.5 Å². The first-order valence-corrected chi connectivity index (χ1v) is 7.40. The second kappa shape index (κ2) is 6.53. The second-order valence-electron chi connectivity index (χ2n) is 4.58. The zero-order valence-corrected chi connectivity index (χ0v) is 12.7. The van der Waals surface area contributed by atoms with Crippen LogP contribution in [0, 0.1) is 12.7 Å². The van der Waals surface area contributed by atoms with Crippen molar-refractivity contribution in [1.82, 2.24) is 4.98 Å². The van der Waals surface area contributed by atoms with Crippen LogP contribution in [0.5, 0.6) is 0 Å². The minimum atomic E-state index is -0.347. The molecule has 1 aromatic heterocycles. The fraction of sp³-hybridized carbons (Fsp3) is 0.286. The topological polar surface area (TPSA) is 80.0 Å². The molecule has 0 saturated heterocycles. The lowest BCUT2D eigenvalue weighted by atomic mass is 10.2. The van der Waals surface area contributed by atoms with Crippen molar-refractivity contribution in [2.24, 2.45) is 0 Å². The van der Waals surface area contributed by atoms with Crippen molar-refractivity contribution in [3.63, 3.8) is 0 Å². The number of hydrogen-bond acceptors (Lipinski definition) is 5. The van der Waals surface area contributed by atoms with Crippen molar-refractivity contribution in [3.8, 4) is 0 Å². The first-order valence-electron chi connectivity index (χ1n) is 6.59. The van der Waals surface area contributed by atoms with E-state index in [4.69, 9.17) is 5.73 Å². The van der Waals surface area contributed by atoms with Crippen molar-refractivity contribution in [3.05, 3.63) is 34.5 Å². The molecule has 2 aromatic rings. The lowest BCUT2D eigenvalue weighted by Gasteiger charge is -2.05. The summed E-state index contributed by atoms with van der Waals surface area (Å²) in [6.07, 6.45) is 0.954. The highest BCUT2D eigenvalue weighted by atomic mass is 32.1. The Morgan fingerprint density at radius 2 is 2.24 bits per heavy atom. The van der Waals surface area contributed by atoms with Gasteiger partial charge in [-0.25, -0.2) is 9.37 Å². The average Bonchev–Trinajstić information content (AvgIpc) is 2.82. The van der Waals surface area contributed by atoms with E-state index in [9.17, 15) is 9.18 Å². The largest absolute Gasteiger partial charge is 0.382 e. The molecule has 7 heteroatoms. The molecule has 0 aliphatic heterocycles. The predicted molar refractivity (Wildman–Crippen MR) is 84.4 cm³/mol. The number of carbonyl (C=O) groups is 1. The Morgan fingerprint density at radius 1 is 1.48 bits per heavy atom. The van der Waals surface area contributed by atoms with Gasteiger partial charge in [0.2, 0.25) is 0 Å². The third-order valence-electron chi connectivity index (χ3n) is 2.80. The number of aromatic nitrogens is 1. The van der Waals surface area contributed by atoms with Crippen LogP contribution in [0.4, 0.5) is 21.0 Å². The zero-order chi connectivity index (χ0) is 15.4. The standard InChI is InChI=1S/C14H17FN4OS/c1-3-6-17-14-19-12(16)11(21-14)13(20)18-9-4-5-10(15)8(2)7-9/h4-5,7H,3,6,16H2,1-2H3,(H,17,19)(H,18,20). The number of nitrogens with two attached hydrogens (primary N) is 1. The van der Waals surface area contributed by atoms with Crippen LogP contribution in [0.15, 0.2) is 18.2 Å². The molecule has 0 aliphatic rings. The van der Waals surface area contributed by atoms with Crippen LogP contribution in [0.1, 0.15) is 28.6 Å². The van der Waals surface area contributed by atoms with E-state index in [1.165, 1.54) is 23.5 Å². The lowest BCUT2D eigenvalue weighted by molar-refractivity contribution is 0.103. The molecule has 0 radical (unpaired) electrons. The molecule has 2 rings (SSSR count). The number of rotatable bonds is 5. The predicted octanol–water partition coefficient (Wildman–Crippen LogP) is 3.25. The minimum absolute atomic E-state index is 0.190. The van der Waals surface area contributed by atoms with E-state index in [1.807, 2.05) is 6.92 Å². The quantitative estimate of drug-likeness (QED) is 0.792. The van der Waals surface area contributed by atoms with E-state index >= 15 is 0 Å². The molecule has 0 atom stereocenters. The lowest BCUT2D eigenvalue weighted by Crippen LogP contribution is -2.12. The number of nitrogens with zero attached hydrogens (tertiary/aromatic N) is 1. The van der Waals surface area contributed by atoms with Crippen LogP contribution < -0.4 is 16.4 Å². The number of thiazole rings is 1.